The van der Waals surface area contributed by atoms with E-state index in [0.29, 0.717) is 23.5 Å². The van der Waals surface area contributed by atoms with Crippen LogP contribution in [0.25, 0.3) is 0 Å². The van der Waals surface area contributed by atoms with Crippen LogP contribution >= 0.6 is 0 Å². The Balaban J connectivity index is 1.79. The summed E-state index contributed by atoms with van der Waals surface area (Å²) in [7, 11) is 0. The number of fused-ring (bicyclic) bond motifs is 1. The third-order valence-corrected chi connectivity index (χ3v) is 4.53. The van der Waals surface area contributed by atoms with Crippen molar-refractivity contribution in [1.29, 1.82) is 0 Å². The number of phenolic OH excluding ortho intramolecular Hbond substituents is 1. The Hall–Kier alpha value is -2.69. The van der Waals surface area contributed by atoms with Crippen LogP contribution in [0.2, 0.25) is 0 Å². The van der Waals surface area contributed by atoms with Crippen molar-refractivity contribution in [2.75, 3.05) is 11.9 Å². The highest BCUT2D eigenvalue weighted by Crippen LogP contribution is 2.44. The van der Waals surface area contributed by atoms with Gasteiger partial charge in [-0.15, -0.1) is 0 Å². The van der Waals surface area contributed by atoms with Gasteiger partial charge in [0.05, 0.1) is 12.2 Å². The molecule has 2 aromatic rings. The molecule has 0 aromatic heterocycles. The number of amides is 1. The molecule has 1 atom stereocenters. The Labute approximate surface area is 140 Å². The Morgan fingerprint density at radius 2 is 2.00 bits per heavy atom. The molecule has 124 valence electrons. The number of carbonyl (C=O) groups excluding carboxylic acids is 1. The number of anilines is 1. The van der Waals surface area contributed by atoms with Gasteiger partial charge < -0.3 is 20.1 Å². The first kappa shape index (κ1) is 14.9. The summed E-state index contributed by atoms with van der Waals surface area (Å²) in [6.07, 6.45) is 1.61. The van der Waals surface area contributed by atoms with E-state index >= 15 is 0 Å². The lowest BCUT2D eigenvalue weighted by Gasteiger charge is -2.38. The van der Waals surface area contributed by atoms with Crippen LogP contribution in [0.1, 0.15) is 41.9 Å². The largest absolute Gasteiger partial charge is 0.504 e. The predicted molar refractivity (Wildman–Crippen MR) is 91.3 cm³/mol. The zero-order valence-corrected chi connectivity index (χ0v) is 13.5. The molecule has 1 heterocycles. The topological polar surface area (TPSA) is 61.8 Å². The molecule has 2 aromatic carbocycles. The van der Waals surface area contributed by atoms with Gasteiger partial charge in [0.2, 0.25) is 0 Å². The van der Waals surface area contributed by atoms with Crippen molar-refractivity contribution in [3.63, 3.8) is 0 Å². The van der Waals surface area contributed by atoms with Gasteiger partial charge in [0.15, 0.2) is 11.5 Å². The highest BCUT2D eigenvalue weighted by molar-refractivity contribution is 6.02. The van der Waals surface area contributed by atoms with E-state index < -0.39 is 0 Å². The Morgan fingerprint density at radius 3 is 2.75 bits per heavy atom. The number of para-hydroxylation sites is 2. The molecule has 2 N–H and O–H groups in total. The predicted octanol–water partition coefficient (Wildman–Crippen LogP) is 3.52. The quantitative estimate of drug-likeness (QED) is 0.903. The van der Waals surface area contributed by atoms with E-state index in [9.17, 15) is 9.90 Å². The van der Waals surface area contributed by atoms with Gasteiger partial charge in [-0.05, 0) is 38.0 Å². The van der Waals surface area contributed by atoms with E-state index in [4.69, 9.17) is 4.74 Å². The maximum Gasteiger partial charge on any atom is 0.258 e. The van der Waals surface area contributed by atoms with E-state index in [-0.39, 0.29) is 23.9 Å². The molecule has 0 bridgehead atoms. The molecule has 1 fully saturated rings. The number of hydrogen-bond acceptors (Lipinski definition) is 4. The standard InChI is InChI=1S/C19H20N2O3/c1-2-24-16-9-5-7-14(17(16)22)18-20-15-8-4-3-6-13(15)19(23)21(18)12-10-11-12/h3-9,12,18,20,22H,2,10-11H2,1H3/t18-/m1/s1. The van der Waals surface area contributed by atoms with E-state index in [2.05, 4.69) is 5.32 Å². The van der Waals surface area contributed by atoms with Crippen LogP contribution < -0.4 is 10.1 Å². The minimum atomic E-state index is -0.389. The van der Waals surface area contributed by atoms with E-state index in [0.717, 1.165) is 18.5 Å². The first-order valence-corrected chi connectivity index (χ1v) is 8.33. The van der Waals surface area contributed by atoms with Gasteiger partial charge in [0.25, 0.3) is 5.91 Å². The highest BCUT2D eigenvalue weighted by atomic mass is 16.5. The van der Waals surface area contributed by atoms with Crippen molar-refractivity contribution in [2.24, 2.45) is 0 Å². The Kier molecular flexibility index (Phi) is 3.56. The van der Waals surface area contributed by atoms with Crippen LogP contribution in [0.3, 0.4) is 0 Å². The van der Waals surface area contributed by atoms with Crippen molar-refractivity contribution in [1.82, 2.24) is 4.90 Å². The molecule has 1 aliphatic heterocycles. The summed E-state index contributed by atoms with van der Waals surface area (Å²) in [5, 5.41) is 14.0. The molecule has 24 heavy (non-hydrogen) atoms. The number of nitrogens with zero attached hydrogens (tertiary/aromatic N) is 1. The number of aromatic hydroxyl groups is 1. The second-order valence-corrected chi connectivity index (χ2v) is 6.16. The highest BCUT2D eigenvalue weighted by Gasteiger charge is 2.42. The zero-order chi connectivity index (χ0) is 16.7. The summed E-state index contributed by atoms with van der Waals surface area (Å²) in [4.78, 5) is 14.8. The van der Waals surface area contributed by atoms with Gasteiger partial charge in [-0.25, -0.2) is 0 Å². The third-order valence-electron chi connectivity index (χ3n) is 4.53. The molecule has 1 saturated carbocycles. The second-order valence-electron chi connectivity index (χ2n) is 6.16. The SMILES string of the molecule is CCOc1cccc([C@@H]2Nc3ccccc3C(=O)N2C2CC2)c1O. The van der Waals surface area contributed by atoms with Gasteiger partial charge >= 0.3 is 0 Å². The number of rotatable bonds is 4. The number of benzene rings is 2. The molecule has 5 nitrogen and oxygen atoms in total. The van der Waals surface area contributed by atoms with Gasteiger partial charge in [0.1, 0.15) is 6.17 Å². The monoisotopic (exact) mass is 324 g/mol. The van der Waals surface area contributed by atoms with Crippen molar-refractivity contribution < 1.29 is 14.6 Å². The minimum Gasteiger partial charge on any atom is -0.504 e. The van der Waals surface area contributed by atoms with Crippen molar-refractivity contribution in [2.45, 2.75) is 32.0 Å². The van der Waals surface area contributed by atoms with Gasteiger partial charge in [-0.3, -0.25) is 4.79 Å². The van der Waals surface area contributed by atoms with Crippen LogP contribution in [-0.4, -0.2) is 28.6 Å². The van der Waals surface area contributed by atoms with Crippen molar-refractivity contribution in [3.8, 4) is 11.5 Å². The van der Waals surface area contributed by atoms with Crippen LogP contribution in [0.4, 0.5) is 5.69 Å². The number of hydrogen-bond donors (Lipinski definition) is 2. The zero-order valence-electron chi connectivity index (χ0n) is 13.5. The summed E-state index contributed by atoms with van der Waals surface area (Å²) in [6.45, 7) is 2.35. The molecule has 4 rings (SSSR count). The van der Waals surface area contributed by atoms with Crippen LogP contribution in [-0.2, 0) is 0 Å². The maximum atomic E-state index is 13.0. The molecule has 0 unspecified atom stereocenters. The second kappa shape index (κ2) is 5.74. The smallest absolute Gasteiger partial charge is 0.258 e. The van der Waals surface area contributed by atoms with Crippen LogP contribution in [0.15, 0.2) is 42.5 Å². The normalized spacial score (nSPS) is 19.6. The third kappa shape index (κ3) is 2.37. The fraction of sp³-hybridized carbons (Fsp3) is 0.316. The lowest BCUT2D eigenvalue weighted by Crippen LogP contribution is -2.44. The summed E-state index contributed by atoms with van der Waals surface area (Å²) in [6, 6.07) is 13.2. The maximum absolute atomic E-state index is 13.0. The summed E-state index contributed by atoms with van der Waals surface area (Å²) in [5.41, 5.74) is 2.14. The Bertz CT molecular complexity index is 786. The minimum absolute atomic E-state index is 0.0121. The van der Waals surface area contributed by atoms with Crippen LogP contribution in [0, 0.1) is 0 Å². The van der Waals surface area contributed by atoms with Gasteiger partial charge in [-0.2, -0.15) is 0 Å². The molecular formula is C19H20N2O3. The molecule has 2 aliphatic rings. The average Bonchev–Trinajstić information content (AvgIpc) is 3.42. The molecular weight excluding hydrogens is 304 g/mol. The molecule has 1 aliphatic carbocycles. The van der Waals surface area contributed by atoms with Gasteiger partial charge in [0, 0.05) is 17.3 Å². The fourth-order valence-electron chi connectivity index (χ4n) is 3.26. The van der Waals surface area contributed by atoms with E-state index in [1.165, 1.54) is 0 Å². The number of nitrogens with one attached hydrogen (secondary N) is 1. The van der Waals surface area contributed by atoms with Gasteiger partial charge in [-0.1, -0.05) is 24.3 Å². The Morgan fingerprint density at radius 1 is 1.21 bits per heavy atom. The fourth-order valence-corrected chi connectivity index (χ4v) is 3.26. The number of ether oxygens (including phenoxy) is 1. The number of phenols is 1. The molecule has 0 radical (unpaired) electrons. The summed E-state index contributed by atoms with van der Waals surface area (Å²) in [5.74, 6) is 0.548. The number of carbonyl (C=O) groups is 1. The molecule has 0 saturated heterocycles. The lowest BCUT2D eigenvalue weighted by atomic mass is 10.0. The summed E-state index contributed by atoms with van der Waals surface area (Å²) < 4.78 is 5.49. The lowest BCUT2D eigenvalue weighted by molar-refractivity contribution is 0.0664. The van der Waals surface area contributed by atoms with Crippen molar-refractivity contribution >= 4 is 11.6 Å². The molecule has 1 amide bonds. The van der Waals surface area contributed by atoms with Crippen LogP contribution in [0.5, 0.6) is 11.5 Å². The van der Waals surface area contributed by atoms with E-state index in [1.54, 1.807) is 6.07 Å². The van der Waals surface area contributed by atoms with Crippen molar-refractivity contribution in [3.05, 3.63) is 53.6 Å². The molecule has 5 heteroatoms. The van der Waals surface area contributed by atoms with E-state index in [1.807, 2.05) is 48.2 Å². The summed E-state index contributed by atoms with van der Waals surface area (Å²) >= 11 is 0. The first-order chi connectivity index (χ1) is 11.7. The first-order valence-electron chi connectivity index (χ1n) is 8.33. The average molecular weight is 324 g/mol. The molecule has 0 spiro atoms.